The highest BCUT2D eigenvalue weighted by Gasteiger charge is 2.24. The van der Waals surface area contributed by atoms with Crippen molar-refractivity contribution in [2.75, 3.05) is 13.1 Å². The number of aromatic nitrogens is 2. The van der Waals surface area contributed by atoms with Gasteiger partial charge in [0.1, 0.15) is 0 Å². The second-order valence-electron chi connectivity index (χ2n) is 4.35. The third-order valence-electron chi connectivity index (χ3n) is 3.21. The summed E-state index contributed by atoms with van der Waals surface area (Å²) in [5, 5.41) is 6.01. The minimum Gasteiger partial charge on any atom is -0.345 e. The Morgan fingerprint density at radius 1 is 1.44 bits per heavy atom. The van der Waals surface area contributed by atoms with Gasteiger partial charge in [-0.3, -0.25) is 4.79 Å². The Labute approximate surface area is 108 Å². The van der Waals surface area contributed by atoms with Crippen molar-refractivity contribution in [3.8, 4) is 10.7 Å². The predicted molar refractivity (Wildman–Crippen MR) is 67.2 cm³/mol. The predicted octanol–water partition coefficient (Wildman–Crippen LogP) is 2.13. The number of thiophene rings is 1. The van der Waals surface area contributed by atoms with E-state index in [0.717, 1.165) is 37.2 Å². The molecule has 0 aliphatic carbocycles. The van der Waals surface area contributed by atoms with Gasteiger partial charge in [0.25, 0.3) is 0 Å². The van der Waals surface area contributed by atoms with Crippen LogP contribution in [0.25, 0.3) is 10.7 Å². The quantitative estimate of drug-likeness (QED) is 0.796. The second kappa shape index (κ2) is 4.89. The number of carbonyl (C=O) groups excluding carboxylic acids is 1. The van der Waals surface area contributed by atoms with Gasteiger partial charge in [0, 0.05) is 19.0 Å². The van der Waals surface area contributed by atoms with Crippen LogP contribution in [0, 0.1) is 0 Å². The molecule has 0 N–H and O–H groups in total. The summed E-state index contributed by atoms with van der Waals surface area (Å²) in [6.07, 6.45) is 2.69. The monoisotopic (exact) mass is 263 g/mol. The Kier molecular flexibility index (Phi) is 3.10. The molecule has 18 heavy (non-hydrogen) atoms. The van der Waals surface area contributed by atoms with Gasteiger partial charge >= 0.3 is 0 Å². The largest absolute Gasteiger partial charge is 0.345 e. The van der Waals surface area contributed by atoms with Crippen molar-refractivity contribution in [2.24, 2.45) is 0 Å². The van der Waals surface area contributed by atoms with Gasteiger partial charge in [-0.15, -0.1) is 11.3 Å². The van der Waals surface area contributed by atoms with Crippen molar-refractivity contribution in [1.82, 2.24) is 15.0 Å². The van der Waals surface area contributed by atoms with Crippen LogP contribution in [0.15, 0.2) is 22.0 Å². The molecule has 3 rings (SSSR count). The summed E-state index contributed by atoms with van der Waals surface area (Å²) in [4.78, 5) is 17.9. The fraction of sp³-hybridized carbons (Fsp3) is 0.417. The van der Waals surface area contributed by atoms with Crippen LogP contribution in [0.1, 0.15) is 24.7 Å². The zero-order valence-corrected chi connectivity index (χ0v) is 10.6. The molecule has 1 fully saturated rings. The lowest BCUT2D eigenvalue weighted by atomic mass is 9.97. The first kappa shape index (κ1) is 11.4. The molecule has 0 radical (unpaired) electrons. The van der Waals surface area contributed by atoms with Gasteiger partial charge in [-0.05, 0) is 24.3 Å². The summed E-state index contributed by atoms with van der Waals surface area (Å²) in [6.45, 7) is 1.54. The van der Waals surface area contributed by atoms with Gasteiger partial charge in [-0.2, -0.15) is 4.98 Å². The third-order valence-corrected chi connectivity index (χ3v) is 4.08. The fourth-order valence-corrected chi connectivity index (χ4v) is 2.81. The molecule has 1 saturated heterocycles. The van der Waals surface area contributed by atoms with Crippen molar-refractivity contribution in [3.05, 3.63) is 23.4 Å². The Bertz CT molecular complexity index is 515. The number of carbonyl (C=O) groups is 1. The maximum absolute atomic E-state index is 10.6. The first-order chi connectivity index (χ1) is 8.86. The van der Waals surface area contributed by atoms with Crippen LogP contribution >= 0.6 is 11.3 Å². The summed E-state index contributed by atoms with van der Waals surface area (Å²) in [7, 11) is 0. The lowest BCUT2D eigenvalue weighted by Gasteiger charge is -2.26. The van der Waals surface area contributed by atoms with E-state index in [9.17, 15) is 4.79 Å². The molecule has 3 heterocycles. The normalized spacial score (nSPS) is 17.0. The van der Waals surface area contributed by atoms with Gasteiger partial charge in [0.2, 0.25) is 18.1 Å². The molecular weight excluding hydrogens is 250 g/mol. The van der Waals surface area contributed by atoms with E-state index in [1.54, 1.807) is 16.2 Å². The molecule has 1 aliphatic heterocycles. The van der Waals surface area contributed by atoms with Crippen molar-refractivity contribution in [1.29, 1.82) is 0 Å². The molecule has 0 atom stereocenters. The van der Waals surface area contributed by atoms with E-state index in [1.165, 1.54) is 0 Å². The molecule has 0 aromatic carbocycles. The molecule has 94 valence electrons. The van der Waals surface area contributed by atoms with Crippen molar-refractivity contribution in [2.45, 2.75) is 18.8 Å². The first-order valence-corrected chi connectivity index (χ1v) is 6.81. The van der Waals surface area contributed by atoms with Gasteiger partial charge in [0.15, 0.2) is 0 Å². The van der Waals surface area contributed by atoms with Gasteiger partial charge < -0.3 is 9.42 Å². The minimum atomic E-state index is 0.280. The molecule has 0 bridgehead atoms. The molecule has 1 amide bonds. The standard InChI is InChI=1S/C12H13N3O2S/c16-8-15-5-3-9(4-6-15)12-13-11(14-17-12)10-2-1-7-18-10/h1-2,7-9H,3-6H2. The van der Waals surface area contributed by atoms with Gasteiger partial charge in [-0.1, -0.05) is 11.2 Å². The van der Waals surface area contributed by atoms with E-state index >= 15 is 0 Å². The number of nitrogens with zero attached hydrogens (tertiary/aromatic N) is 3. The Balaban J connectivity index is 1.72. The molecule has 2 aromatic rings. The van der Waals surface area contributed by atoms with Crippen LogP contribution in [-0.2, 0) is 4.79 Å². The maximum Gasteiger partial charge on any atom is 0.230 e. The maximum atomic E-state index is 10.6. The third kappa shape index (κ3) is 2.15. The van der Waals surface area contributed by atoms with Crippen LogP contribution < -0.4 is 0 Å². The highest BCUT2D eigenvalue weighted by molar-refractivity contribution is 7.13. The van der Waals surface area contributed by atoms with Gasteiger partial charge in [0.05, 0.1) is 4.88 Å². The molecule has 2 aromatic heterocycles. The van der Waals surface area contributed by atoms with E-state index in [1.807, 2.05) is 17.5 Å². The zero-order chi connectivity index (χ0) is 12.4. The number of hydrogen-bond acceptors (Lipinski definition) is 5. The molecule has 0 spiro atoms. The van der Waals surface area contributed by atoms with E-state index in [2.05, 4.69) is 10.1 Å². The molecule has 6 heteroatoms. The number of amides is 1. The van der Waals surface area contributed by atoms with Crippen LogP contribution in [0.4, 0.5) is 0 Å². The fourth-order valence-electron chi connectivity index (χ4n) is 2.16. The summed E-state index contributed by atoms with van der Waals surface area (Å²) in [5.41, 5.74) is 0. The summed E-state index contributed by atoms with van der Waals surface area (Å²) >= 11 is 1.60. The SMILES string of the molecule is O=CN1CCC(c2nc(-c3cccs3)no2)CC1. The zero-order valence-electron chi connectivity index (χ0n) is 9.78. The number of piperidine rings is 1. The van der Waals surface area contributed by atoms with Gasteiger partial charge in [-0.25, -0.2) is 0 Å². The smallest absolute Gasteiger partial charge is 0.230 e. The average molecular weight is 263 g/mol. The number of likely N-dealkylation sites (tertiary alicyclic amines) is 1. The molecule has 0 unspecified atom stereocenters. The van der Waals surface area contributed by atoms with E-state index in [-0.39, 0.29) is 5.92 Å². The summed E-state index contributed by atoms with van der Waals surface area (Å²) in [6, 6.07) is 3.95. The molecule has 5 nitrogen and oxygen atoms in total. The van der Waals surface area contributed by atoms with Crippen molar-refractivity contribution < 1.29 is 9.32 Å². The lowest BCUT2D eigenvalue weighted by molar-refractivity contribution is -0.119. The topological polar surface area (TPSA) is 59.2 Å². The lowest BCUT2D eigenvalue weighted by Crippen LogP contribution is -2.31. The molecule has 1 aliphatic rings. The Morgan fingerprint density at radius 3 is 2.94 bits per heavy atom. The number of rotatable bonds is 3. The highest BCUT2D eigenvalue weighted by atomic mass is 32.1. The molecular formula is C12H13N3O2S. The molecule has 0 saturated carbocycles. The number of hydrogen-bond donors (Lipinski definition) is 0. The second-order valence-corrected chi connectivity index (χ2v) is 5.30. The van der Waals surface area contributed by atoms with Crippen LogP contribution in [-0.4, -0.2) is 34.5 Å². The Hall–Kier alpha value is -1.69. The van der Waals surface area contributed by atoms with Crippen LogP contribution in [0.2, 0.25) is 0 Å². The minimum absolute atomic E-state index is 0.280. The van der Waals surface area contributed by atoms with E-state index < -0.39 is 0 Å². The summed E-state index contributed by atoms with van der Waals surface area (Å²) < 4.78 is 5.34. The first-order valence-electron chi connectivity index (χ1n) is 5.93. The van der Waals surface area contributed by atoms with E-state index in [0.29, 0.717) is 11.7 Å². The highest BCUT2D eigenvalue weighted by Crippen LogP contribution is 2.29. The van der Waals surface area contributed by atoms with Crippen LogP contribution in [0.5, 0.6) is 0 Å². The Morgan fingerprint density at radius 2 is 2.28 bits per heavy atom. The van der Waals surface area contributed by atoms with Crippen molar-refractivity contribution >= 4 is 17.7 Å². The van der Waals surface area contributed by atoms with E-state index in [4.69, 9.17) is 4.52 Å². The van der Waals surface area contributed by atoms with Crippen LogP contribution in [0.3, 0.4) is 0 Å². The van der Waals surface area contributed by atoms with Crippen molar-refractivity contribution in [3.63, 3.8) is 0 Å². The average Bonchev–Trinajstić information content (AvgIpc) is 3.09. The summed E-state index contributed by atoms with van der Waals surface area (Å²) in [5.74, 6) is 1.64.